The number of aromatic nitrogens is 4. The van der Waals surface area contributed by atoms with Crippen molar-refractivity contribution >= 4 is 17.2 Å². The van der Waals surface area contributed by atoms with E-state index in [2.05, 4.69) is 21.6 Å². The first-order chi connectivity index (χ1) is 13.2. The van der Waals surface area contributed by atoms with Crippen molar-refractivity contribution in [2.75, 3.05) is 6.54 Å². The fourth-order valence-electron chi connectivity index (χ4n) is 3.68. The second kappa shape index (κ2) is 7.48. The van der Waals surface area contributed by atoms with Gasteiger partial charge in [0.25, 0.3) is 5.56 Å². The molecular weight excluding hydrogens is 362 g/mol. The Morgan fingerprint density at radius 1 is 1.22 bits per heavy atom. The molecule has 0 saturated heterocycles. The summed E-state index contributed by atoms with van der Waals surface area (Å²) in [4.78, 5) is 26.2. The molecule has 0 aliphatic heterocycles. The van der Waals surface area contributed by atoms with Crippen LogP contribution in [-0.2, 0) is 16.8 Å². The molecule has 0 bridgehead atoms. The molecule has 140 valence electrons. The molecule has 1 fully saturated rings. The van der Waals surface area contributed by atoms with Gasteiger partial charge in [-0.3, -0.25) is 9.59 Å². The maximum atomic E-state index is 13.0. The summed E-state index contributed by atoms with van der Waals surface area (Å²) in [5.41, 5.74) is -0.613. The van der Waals surface area contributed by atoms with E-state index in [1.54, 1.807) is 40.5 Å². The van der Waals surface area contributed by atoms with Crippen LogP contribution in [0.25, 0.3) is 5.82 Å². The van der Waals surface area contributed by atoms with Crippen LogP contribution < -0.4 is 10.9 Å². The fourth-order valence-corrected chi connectivity index (χ4v) is 4.67. The highest BCUT2D eigenvalue weighted by Crippen LogP contribution is 2.43. The molecule has 1 aliphatic rings. The van der Waals surface area contributed by atoms with Crippen LogP contribution in [-0.4, -0.2) is 32.0 Å². The van der Waals surface area contributed by atoms with Gasteiger partial charge in [0.05, 0.1) is 12.0 Å². The number of nitrogens with one attached hydrogen (secondary N) is 1. The Balaban J connectivity index is 1.44. The molecule has 27 heavy (non-hydrogen) atoms. The van der Waals surface area contributed by atoms with Gasteiger partial charge in [0.15, 0.2) is 5.82 Å². The predicted octanol–water partition coefficient (Wildman–Crippen LogP) is 2.12. The average molecular weight is 383 g/mol. The Labute approximate surface area is 160 Å². The normalized spacial score (nSPS) is 15.7. The molecule has 0 spiro atoms. The zero-order chi connectivity index (χ0) is 18.7. The summed E-state index contributed by atoms with van der Waals surface area (Å²) in [6.45, 7) is 0.682. The van der Waals surface area contributed by atoms with Crippen LogP contribution in [0.3, 0.4) is 0 Å². The maximum Gasteiger partial charge on any atom is 0.266 e. The number of carbonyl (C=O) groups is 1. The first-order valence-corrected chi connectivity index (χ1v) is 9.97. The van der Waals surface area contributed by atoms with Crippen LogP contribution in [0.15, 0.2) is 52.9 Å². The Morgan fingerprint density at radius 3 is 2.78 bits per heavy atom. The van der Waals surface area contributed by atoms with Gasteiger partial charge in [0.2, 0.25) is 5.91 Å². The molecule has 0 unspecified atom stereocenters. The smallest absolute Gasteiger partial charge is 0.266 e. The quantitative estimate of drug-likeness (QED) is 0.707. The van der Waals surface area contributed by atoms with E-state index < -0.39 is 5.41 Å². The van der Waals surface area contributed by atoms with E-state index in [0.29, 0.717) is 18.9 Å². The molecule has 3 aromatic heterocycles. The van der Waals surface area contributed by atoms with Crippen molar-refractivity contribution in [2.24, 2.45) is 0 Å². The van der Waals surface area contributed by atoms with Crippen molar-refractivity contribution in [3.05, 3.63) is 63.3 Å². The van der Waals surface area contributed by atoms with Gasteiger partial charge in [-0.1, -0.05) is 18.9 Å². The Kier molecular flexibility index (Phi) is 4.89. The van der Waals surface area contributed by atoms with Gasteiger partial charge in [0, 0.05) is 29.9 Å². The third kappa shape index (κ3) is 3.44. The van der Waals surface area contributed by atoms with E-state index >= 15 is 0 Å². The molecule has 1 amide bonds. The minimum Gasteiger partial charge on any atom is -0.353 e. The van der Waals surface area contributed by atoms with Gasteiger partial charge in [-0.25, -0.2) is 9.36 Å². The summed E-state index contributed by atoms with van der Waals surface area (Å²) in [6.07, 6.45) is 7.32. The number of amides is 1. The number of hydrogen-bond acceptors (Lipinski definition) is 5. The number of carbonyl (C=O) groups excluding carboxylic acids is 1. The SMILES string of the molecule is O=C(NCCn1nc(-n2cccn2)ccc1=O)C1(c2cccs2)CCCC1. The van der Waals surface area contributed by atoms with Crippen molar-refractivity contribution in [3.63, 3.8) is 0 Å². The summed E-state index contributed by atoms with van der Waals surface area (Å²) >= 11 is 1.64. The number of nitrogens with zero attached hydrogens (tertiary/aromatic N) is 4. The van der Waals surface area contributed by atoms with Crippen LogP contribution in [0.2, 0.25) is 0 Å². The van der Waals surface area contributed by atoms with Gasteiger partial charge >= 0.3 is 0 Å². The molecule has 3 aromatic rings. The van der Waals surface area contributed by atoms with Crippen molar-refractivity contribution in [3.8, 4) is 5.82 Å². The first kappa shape index (κ1) is 17.7. The largest absolute Gasteiger partial charge is 0.353 e. The number of thiophene rings is 1. The summed E-state index contributed by atoms with van der Waals surface area (Å²) < 4.78 is 2.96. The lowest BCUT2D eigenvalue weighted by atomic mass is 9.83. The van der Waals surface area contributed by atoms with E-state index in [9.17, 15) is 9.59 Å². The molecule has 4 rings (SSSR count). The summed E-state index contributed by atoms with van der Waals surface area (Å²) in [7, 11) is 0. The maximum absolute atomic E-state index is 13.0. The Bertz CT molecular complexity index is 956. The van der Waals surface area contributed by atoms with Crippen molar-refractivity contribution in [1.82, 2.24) is 24.9 Å². The average Bonchev–Trinajstić information content (AvgIpc) is 3.43. The second-order valence-corrected chi connectivity index (χ2v) is 7.67. The summed E-state index contributed by atoms with van der Waals surface area (Å²) in [5.74, 6) is 0.621. The molecule has 1 N–H and O–H groups in total. The summed E-state index contributed by atoms with van der Waals surface area (Å²) in [5, 5.41) is 13.5. The molecule has 7 nitrogen and oxygen atoms in total. The lowest BCUT2D eigenvalue weighted by Gasteiger charge is -2.26. The van der Waals surface area contributed by atoms with Crippen LogP contribution in [0, 0.1) is 0 Å². The van der Waals surface area contributed by atoms with Crippen LogP contribution >= 0.6 is 11.3 Å². The molecular formula is C19H21N5O2S. The van der Waals surface area contributed by atoms with Gasteiger partial charge in [0.1, 0.15) is 0 Å². The van der Waals surface area contributed by atoms with Gasteiger partial charge in [-0.2, -0.15) is 5.10 Å². The van der Waals surface area contributed by atoms with Gasteiger partial charge < -0.3 is 5.32 Å². The molecule has 8 heteroatoms. The fraction of sp³-hybridized carbons (Fsp3) is 0.368. The van der Waals surface area contributed by atoms with Crippen molar-refractivity contribution in [1.29, 1.82) is 0 Å². The van der Waals surface area contributed by atoms with E-state index in [4.69, 9.17) is 0 Å². The van der Waals surface area contributed by atoms with Crippen LogP contribution in [0.5, 0.6) is 0 Å². The number of rotatable bonds is 6. The summed E-state index contributed by atoms with van der Waals surface area (Å²) in [6, 6.07) is 8.94. The number of hydrogen-bond donors (Lipinski definition) is 1. The van der Waals surface area contributed by atoms with Crippen LogP contribution in [0.4, 0.5) is 0 Å². The van der Waals surface area contributed by atoms with E-state index in [-0.39, 0.29) is 11.5 Å². The highest BCUT2D eigenvalue weighted by atomic mass is 32.1. The Morgan fingerprint density at radius 2 is 2.07 bits per heavy atom. The van der Waals surface area contributed by atoms with E-state index in [1.807, 2.05) is 11.4 Å². The highest BCUT2D eigenvalue weighted by molar-refractivity contribution is 7.10. The molecule has 0 radical (unpaired) electrons. The van der Waals surface area contributed by atoms with Gasteiger partial charge in [-0.05, 0) is 36.4 Å². The minimum absolute atomic E-state index is 0.0544. The molecule has 1 saturated carbocycles. The predicted molar refractivity (Wildman–Crippen MR) is 103 cm³/mol. The highest BCUT2D eigenvalue weighted by Gasteiger charge is 2.43. The third-order valence-electron chi connectivity index (χ3n) is 5.09. The third-order valence-corrected chi connectivity index (χ3v) is 6.16. The van der Waals surface area contributed by atoms with Gasteiger partial charge in [-0.15, -0.1) is 16.4 Å². The lowest BCUT2D eigenvalue weighted by molar-refractivity contribution is -0.126. The zero-order valence-corrected chi connectivity index (χ0v) is 15.7. The van der Waals surface area contributed by atoms with Crippen LogP contribution in [0.1, 0.15) is 30.6 Å². The standard InChI is InChI=1S/C19H21N5O2S/c25-17-7-6-16(23-12-4-10-21-23)22-24(17)13-11-20-18(26)19(8-1-2-9-19)15-5-3-14-27-15/h3-7,10,12,14H,1-2,8-9,11,13H2,(H,20,26). The second-order valence-electron chi connectivity index (χ2n) is 6.73. The monoisotopic (exact) mass is 383 g/mol. The van der Waals surface area contributed by atoms with Crippen molar-refractivity contribution < 1.29 is 4.79 Å². The van der Waals surface area contributed by atoms with E-state index in [0.717, 1.165) is 30.6 Å². The Hall–Kier alpha value is -2.74. The zero-order valence-electron chi connectivity index (χ0n) is 14.9. The molecule has 1 aliphatic carbocycles. The van der Waals surface area contributed by atoms with E-state index in [1.165, 1.54) is 10.7 Å². The topological polar surface area (TPSA) is 81.8 Å². The minimum atomic E-state index is -0.413. The first-order valence-electron chi connectivity index (χ1n) is 9.09. The molecule has 0 aromatic carbocycles. The lowest BCUT2D eigenvalue weighted by Crippen LogP contribution is -2.43. The molecule has 3 heterocycles. The molecule has 0 atom stereocenters. The van der Waals surface area contributed by atoms with Crippen molar-refractivity contribution in [2.45, 2.75) is 37.6 Å².